The van der Waals surface area contributed by atoms with Crippen molar-refractivity contribution in [3.8, 4) is 0 Å². The molecule has 0 spiro atoms. The van der Waals surface area contributed by atoms with Crippen molar-refractivity contribution in [2.45, 2.75) is 58.5 Å². The Morgan fingerprint density at radius 2 is 1.86 bits per heavy atom. The van der Waals surface area contributed by atoms with E-state index in [2.05, 4.69) is 12.2 Å². The zero-order chi connectivity index (χ0) is 15.9. The molecule has 1 atom stereocenters. The average molecular weight is 302 g/mol. The molecule has 5 nitrogen and oxygen atoms in total. The predicted molar refractivity (Wildman–Crippen MR) is 86.4 cm³/mol. The molecule has 0 aromatic heterocycles. The van der Waals surface area contributed by atoms with Crippen LogP contribution in [0.4, 0.5) is 0 Å². The van der Waals surface area contributed by atoms with Crippen LogP contribution < -0.4 is 5.32 Å². The van der Waals surface area contributed by atoms with Crippen molar-refractivity contribution in [3.63, 3.8) is 0 Å². The van der Waals surface area contributed by atoms with E-state index in [4.69, 9.17) is 4.74 Å². The summed E-state index contributed by atoms with van der Waals surface area (Å²) in [5.41, 5.74) is 0. The molecule has 1 amide bonds. The SMILES string of the molecule is CCCCCCCCOCC(O)CNCC(=O)N(C)CC. The maximum Gasteiger partial charge on any atom is 0.236 e. The van der Waals surface area contributed by atoms with Crippen LogP contribution in [-0.2, 0) is 9.53 Å². The molecule has 2 N–H and O–H groups in total. The number of unbranched alkanes of at least 4 members (excludes halogenated alkanes) is 5. The van der Waals surface area contributed by atoms with Gasteiger partial charge in [-0.1, -0.05) is 39.0 Å². The number of ether oxygens (including phenoxy) is 1. The molecule has 0 heterocycles. The lowest BCUT2D eigenvalue weighted by Gasteiger charge is -2.16. The van der Waals surface area contributed by atoms with Crippen LogP contribution in [0.2, 0.25) is 0 Å². The summed E-state index contributed by atoms with van der Waals surface area (Å²) in [5, 5.41) is 12.7. The van der Waals surface area contributed by atoms with Crippen molar-refractivity contribution in [1.82, 2.24) is 10.2 Å². The number of rotatable bonds is 14. The fourth-order valence-corrected chi connectivity index (χ4v) is 1.92. The molecule has 0 fully saturated rings. The second-order valence-corrected chi connectivity index (χ2v) is 5.54. The standard InChI is InChI=1S/C16H34N2O3/c1-4-6-7-8-9-10-11-21-14-15(19)12-17-13-16(20)18(3)5-2/h15,17,19H,4-14H2,1-3H3. The second-order valence-electron chi connectivity index (χ2n) is 5.54. The van der Waals surface area contributed by atoms with Gasteiger partial charge in [-0.15, -0.1) is 0 Å². The second kappa shape index (κ2) is 14.3. The molecule has 0 aliphatic carbocycles. The van der Waals surface area contributed by atoms with Crippen molar-refractivity contribution >= 4 is 5.91 Å². The summed E-state index contributed by atoms with van der Waals surface area (Å²) in [6.07, 6.45) is 6.88. The third-order valence-electron chi connectivity index (χ3n) is 3.51. The number of aliphatic hydroxyl groups excluding tert-OH is 1. The largest absolute Gasteiger partial charge is 0.389 e. The molecule has 5 heteroatoms. The van der Waals surface area contributed by atoms with Crippen molar-refractivity contribution in [2.75, 3.05) is 39.9 Å². The zero-order valence-electron chi connectivity index (χ0n) is 14.1. The van der Waals surface area contributed by atoms with E-state index in [9.17, 15) is 9.90 Å². The topological polar surface area (TPSA) is 61.8 Å². The van der Waals surface area contributed by atoms with E-state index in [1.54, 1.807) is 11.9 Å². The van der Waals surface area contributed by atoms with Gasteiger partial charge < -0.3 is 20.1 Å². The highest BCUT2D eigenvalue weighted by Gasteiger charge is 2.08. The van der Waals surface area contributed by atoms with Crippen LogP contribution in [0.15, 0.2) is 0 Å². The average Bonchev–Trinajstić information content (AvgIpc) is 2.48. The van der Waals surface area contributed by atoms with E-state index in [1.807, 2.05) is 6.92 Å². The normalized spacial score (nSPS) is 12.4. The smallest absolute Gasteiger partial charge is 0.236 e. The molecule has 0 aromatic carbocycles. The fraction of sp³-hybridized carbons (Fsp3) is 0.938. The predicted octanol–water partition coefficient (Wildman–Crippen LogP) is 1.79. The van der Waals surface area contributed by atoms with Crippen LogP contribution >= 0.6 is 0 Å². The van der Waals surface area contributed by atoms with Crippen LogP contribution in [0.1, 0.15) is 52.4 Å². The molecule has 0 bridgehead atoms. The van der Waals surface area contributed by atoms with Gasteiger partial charge >= 0.3 is 0 Å². The lowest BCUT2D eigenvalue weighted by atomic mass is 10.1. The van der Waals surface area contributed by atoms with Gasteiger partial charge in [0, 0.05) is 26.7 Å². The Morgan fingerprint density at radius 3 is 2.52 bits per heavy atom. The van der Waals surface area contributed by atoms with E-state index >= 15 is 0 Å². The minimum Gasteiger partial charge on any atom is -0.389 e. The van der Waals surface area contributed by atoms with Gasteiger partial charge in [0.15, 0.2) is 0 Å². The van der Waals surface area contributed by atoms with Crippen molar-refractivity contribution in [2.24, 2.45) is 0 Å². The van der Waals surface area contributed by atoms with Crippen molar-refractivity contribution in [1.29, 1.82) is 0 Å². The zero-order valence-corrected chi connectivity index (χ0v) is 14.1. The molecule has 0 aliphatic heterocycles. The van der Waals surface area contributed by atoms with Gasteiger partial charge in [0.2, 0.25) is 5.91 Å². The molecular formula is C16H34N2O3. The monoisotopic (exact) mass is 302 g/mol. The number of carbonyl (C=O) groups excluding carboxylic acids is 1. The Bertz CT molecular complexity index is 250. The Hall–Kier alpha value is -0.650. The lowest BCUT2D eigenvalue weighted by molar-refractivity contribution is -0.128. The van der Waals surface area contributed by atoms with E-state index in [-0.39, 0.29) is 12.5 Å². The Labute approximate surface area is 130 Å². The lowest BCUT2D eigenvalue weighted by Crippen LogP contribution is -2.39. The number of nitrogens with one attached hydrogen (secondary N) is 1. The first-order chi connectivity index (χ1) is 10.1. The molecule has 126 valence electrons. The summed E-state index contributed by atoms with van der Waals surface area (Å²) in [4.78, 5) is 13.2. The van der Waals surface area contributed by atoms with Crippen LogP contribution in [0.25, 0.3) is 0 Å². The molecule has 0 aromatic rings. The summed E-state index contributed by atoms with van der Waals surface area (Å²) in [5.74, 6) is 0.0395. The van der Waals surface area contributed by atoms with E-state index < -0.39 is 6.10 Å². The number of hydrogen-bond donors (Lipinski definition) is 2. The first-order valence-electron chi connectivity index (χ1n) is 8.32. The molecule has 1 unspecified atom stereocenters. The highest BCUT2D eigenvalue weighted by molar-refractivity contribution is 5.77. The molecule has 21 heavy (non-hydrogen) atoms. The minimum atomic E-state index is -0.551. The van der Waals surface area contributed by atoms with Crippen molar-refractivity contribution in [3.05, 3.63) is 0 Å². The number of aliphatic hydroxyl groups is 1. The number of carbonyl (C=O) groups is 1. The number of amides is 1. The molecule has 0 radical (unpaired) electrons. The van der Waals surface area contributed by atoms with Crippen LogP contribution in [0.3, 0.4) is 0 Å². The van der Waals surface area contributed by atoms with Crippen LogP contribution in [0.5, 0.6) is 0 Å². The minimum absolute atomic E-state index is 0.0395. The van der Waals surface area contributed by atoms with Gasteiger partial charge in [0.1, 0.15) is 0 Å². The summed E-state index contributed by atoms with van der Waals surface area (Å²) < 4.78 is 5.44. The van der Waals surface area contributed by atoms with Crippen LogP contribution in [-0.4, -0.2) is 61.9 Å². The molecule has 0 rings (SSSR count). The number of nitrogens with zero attached hydrogens (tertiary/aromatic N) is 1. The van der Waals surface area contributed by atoms with E-state index in [0.717, 1.165) is 6.42 Å². The Morgan fingerprint density at radius 1 is 1.19 bits per heavy atom. The van der Waals surface area contributed by atoms with Gasteiger partial charge in [0.25, 0.3) is 0 Å². The van der Waals surface area contributed by atoms with Crippen molar-refractivity contribution < 1.29 is 14.6 Å². The summed E-state index contributed by atoms with van der Waals surface area (Å²) in [6, 6.07) is 0. The summed E-state index contributed by atoms with van der Waals surface area (Å²) in [6.45, 7) is 6.54. The van der Waals surface area contributed by atoms with Gasteiger partial charge in [-0.25, -0.2) is 0 Å². The van der Waals surface area contributed by atoms with Gasteiger partial charge in [-0.05, 0) is 13.3 Å². The first kappa shape index (κ1) is 20.3. The van der Waals surface area contributed by atoms with Gasteiger partial charge in [0.05, 0.1) is 19.3 Å². The highest BCUT2D eigenvalue weighted by Crippen LogP contribution is 2.04. The first-order valence-corrected chi connectivity index (χ1v) is 8.32. The summed E-state index contributed by atoms with van der Waals surface area (Å²) >= 11 is 0. The molecule has 0 aliphatic rings. The van der Waals surface area contributed by atoms with Crippen LogP contribution in [0, 0.1) is 0 Å². The Balaban J connectivity index is 3.34. The van der Waals surface area contributed by atoms with E-state index in [0.29, 0.717) is 26.3 Å². The molecule has 0 saturated heterocycles. The quantitative estimate of drug-likeness (QED) is 0.480. The Kier molecular flexibility index (Phi) is 13.9. The molecule has 0 saturated carbocycles. The summed E-state index contributed by atoms with van der Waals surface area (Å²) in [7, 11) is 1.77. The number of hydrogen-bond acceptors (Lipinski definition) is 4. The van der Waals surface area contributed by atoms with Gasteiger partial charge in [-0.2, -0.15) is 0 Å². The third-order valence-corrected chi connectivity index (χ3v) is 3.51. The van der Waals surface area contributed by atoms with Gasteiger partial charge in [-0.3, -0.25) is 4.79 Å². The fourth-order valence-electron chi connectivity index (χ4n) is 1.92. The molecular weight excluding hydrogens is 268 g/mol. The van der Waals surface area contributed by atoms with E-state index in [1.165, 1.54) is 32.1 Å². The highest BCUT2D eigenvalue weighted by atomic mass is 16.5. The third kappa shape index (κ3) is 12.8. The maximum atomic E-state index is 11.5. The maximum absolute atomic E-state index is 11.5. The number of likely N-dealkylation sites (N-methyl/N-ethyl adjacent to an activating group) is 1.